The predicted octanol–water partition coefficient (Wildman–Crippen LogP) is 5.92. The van der Waals surface area contributed by atoms with Gasteiger partial charge in [-0.15, -0.1) is 17.9 Å². The van der Waals surface area contributed by atoms with Crippen LogP contribution in [0, 0.1) is 0 Å². The number of alkyl halides is 3. The van der Waals surface area contributed by atoms with E-state index >= 15 is 0 Å². The summed E-state index contributed by atoms with van der Waals surface area (Å²) in [6.07, 6.45) is -0.187. The summed E-state index contributed by atoms with van der Waals surface area (Å²) in [4.78, 5) is 32.4. The Morgan fingerprint density at radius 3 is 2.88 bits per heavy atom. The van der Waals surface area contributed by atoms with Crippen LogP contribution >= 0.6 is 34.7 Å². The molecule has 0 spiro atoms. The van der Waals surface area contributed by atoms with Crippen LogP contribution in [0.5, 0.6) is 0 Å². The first kappa shape index (κ1) is 23.8. The van der Waals surface area contributed by atoms with Crippen LogP contribution in [0.4, 0.5) is 18.9 Å². The molecule has 1 atom stereocenters. The zero-order valence-corrected chi connectivity index (χ0v) is 19.9. The molecule has 1 N–H and O–H groups in total. The smallest absolute Gasteiger partial charge is 0.324 e. The van der Waals surface area contributed by atoms with Gasteiger partial charge in [-0.25, -0.2) is 4.98 Å². The van der Waals surface area contributed by atoms with Gasteiger partial charge in [-0.3, -0.25) is 14.2 Å². The van der Waals surface area contributed by atoms with E-state index in [1.165, 1.54) is 20.8 Å². The van der Waals surface area contributed by atoms with Gasteiger partial charge in [-0.1, -0.05) is 29.4 Å². The van der Waals surface area contributed by atoms with Crippen LogP contribution in [0.3, 0.4) is 0 Å². The van der Waals surface area contributed by atoms with Crippen molar-refractivity contribution in [3.8, 4) is 0 Å². The fourth-order valence-electron chi connectivity index (χ4n) is 3.68. The van der Waals surface area contributed by atoms with Crippen LogP contribution < -0.4 is 10.9 Å². The van der Waals surface area contributed by atoms with Crippen LogP contribution in [0.2, 0.25) is 5.02 Å². The quantitative estimate of drug-likeness (QED) is 0.252. The van der Waals surface area contributed by atoms with Crippen molar-refractivity contribution in [1.82, 2.24) is 9.55 Å². The minimum atomic E-state index is -4.56. The maximum atomic E-state index is 13.2. The van der Waals surface area contributed by atoms with Crippen molar-refractivity contribution in [2.75, 3.05) is 5.32 Å². The summed E-state index contributed by atoms with van der Waals surface area (Å²) < 4.78 is 40.5. The maximum Gasteiger partial charge on any atom is 0.416 e. The Kier molecular flexibility index (Phi) is 6.61. The number of carbonyl (C=O) groups excluding carboxylic acids is 1. The normalized spacial score (nSPS) is 14.3. The Morgan fingerprint density at radius 1 is 1.42 bits per heavy atom. The second-order valence-electron chi connectivity index (χ2n) is 7.58. The van der Waals surface area contributed by atoms with Crippen LogP contribution in [-0.4, -0.2) is 20.7 Å². The molecule has 1 amide bonds. The number of thioether (sulfide) groups is 1. The highest BCUT2D eigenvalue weighted by Gasteiger charge is 2.31. The van der Waals surface area contributed by atoms with Gasteiger partial charge in [0.1, 0.15) is 4.83 Å². The fourth-order valence-corrected chi connectivity index (χ4v) is 6.07. The molecule has 5 nitrogen and oxygen atoms in total. The zero-order chi connectivity index (χ0) is 23.9. The Balaban J connectivity index is 1.62. The molecule has 11 heteroatoms. The molecule has 0 bridgehead atoms. The van der Waals surface area contributed by atoms with E-state index in [1.54, 1.807) is 13.0 Å². The largest absolute Gasteiger partial charge is 0.416 e. The number of fused-ring (bicyclic) bond motifs is 3. The highest BCUT2D eigenvalue weighted by Crippen LogP contribution is 2.37. The zero-order valence-electron chi connectivity index (χ0n) is 17.5. The van der Waals surface area contributed by atoms with Crippen molar-refractivity contribution in [3.05, 3.63) is 62.2 Å². The molecule has 2 aromatic heterocycles. The number of hydrogen-bond donors (Lipinski definition) is 1. The molecule has 0 radical (unpaired) electrons. The molecule has 3 aromatic rings. The molecular formula is C22H19ClF3N3O2S2. The number of amides is 1. The number of thiophene rings is 1. The number of benzene rings is 1. The minimum Gasteiger partial charge on any atom is -0.324 e. The first-order chi connectivity index (χ1) is 15.6. The Labute approximate surface area is 200 Å². The van der Waals surface area contributed by atoms with Crippen molar-refractivity contribution in [2.24, 2.45) is 0 Å². The monoisotopic (exact) mass is 513 g/mol. The first-order valence-electron chi connectivity index (χ1n) is 10.1. The van der Waals surface area contributed by atoms with Gasteiger partial charge < -0.3 is 5.32 Å². The molecule has 2 heterocycles. The molecule has 4 rings (SSSR count). The second kappa shape index (κ2) is 9.15. The highest BCUT2D eigenvalue weighted by atomic mass is 35.5. The van der Waals surface area contributed by atoms with Crippen LogP contribution in [0.25, 0.3) is 10.2 Å². The minimum absolute atomic E-state index is 0.00948. The summed E-state index contributed by atoms with van der Waals surface area (Å²) >= 11 is 8.54. The summed E-state index contributed by atoms with van der Waals surface area (Å²) in [5.74, 6) is -0.561. The third-order valence-corrected chi connectivity index (χ3v) is 7.91. The summed E-state index contributed by atoms with van der Waals surface area (Å²) in [5.41, 5.74) is -0.159. The number of hydrogen-bond acceptors (Lipinski definition) is 5. The summed E-state index contributed by atoms with van der Waals surface area (Å²) in [5, 5.41) is 2.67. The van der Waals surface area contributed by atoms with Gasteiger partial charge in [-0.2, -0.15) is 13.2 Å². The number of allylic oxidation sites excluding steroid dienone is 1. The third-order valence-electron chi connectivity index (χ3n) is 5.30. The van der Waals surface area contributed by atoms with Crippen molar-refractivity contribution in [2.45, 2.75) is 49.3 Å². The van der Waals surface area contributed by atoms with E-state index in [1.807, 2.05) is 0 Å². The number of anilines is 1. The van der Waals surface area contributed by atoms with Crippen LogP contribution in [-0.2, 0) is 30.4 Å². The molecule has 1 unspecified atom stereocenters. The first-order valence-corrected chi connectivity index (χ1v) is 12.2. The molecule has 174 valence electrons. The Morgan fingerprint density at radius 2 is 2.18 bits per heavy atom. The molecule has 0 saturated carbocycles. The number of aryl methyl sites for hydroxylation is 2. The fraction of sp³-hybridized carbons (Fsp3) is 0.318. The molecule has 1 aliphatic carbocycles. The van der Waals surface area contributed by atoms with Gasteiger partial charge in [0.15, 0.2) is 5.16 Å². The molecule has 1 aromatic carbocycles. The third kappa shape index (κ3) is 4.69. The van der Waals surface area contributed by atoms with E-state index in [-0.39, 0.29) is 22.8 Å². The summed E-state index contributed by atoms with van der Waals surface area (Å²) in [6, 6.07) is 2.73. The Hall–Kier alpha value is -2.30. The Bertz CT molecular complexity index is 1320. The number of carbonyl (C=O) groups is 1. The van der Waals surface area contributed by atoms with Crippen molar-refractivity contribution in [1.29, 1.82) is 0 Å². The standard InChI is InChI=1S/C22H19ClF3N3O2S2/c1-3-9-29-20(31)17-13-5-4-6-16(13)33-19(17)28-21(29)32-11(2)18(30)27-15-10-12(22(24,25)26)7-8-14(15)23/h3,7-8,10-11H,1,4-6,9H2,2H3,(H,27,30). The van der Waals surface area contributed by atoms with Gasteiger partial charge >= 0.3 is 6.18 Å². The van der Waals surface area contributed by atoms with Crippen molar-refractivity contribution >= 4 is 56.5 Å². The lowest BCUT2D eigenvalue weighted by molar-refractivity contribution is -0.137. The number of halogens is 4. The number of aromatic nitrogens is 2. The molecular weight excluding hydrogens is 495 g/mol. The van der Waals surface area contributed by atoms with Crippen molar-refractivity contribution < 1.29 is 18.0 Å². The average molecular weight is 514 g/mol. The number of nitrogens with zero attached hydrogens (tertiary/aromatic N) is 2. The molecule has 0 aliphatic heterocycles. The van der Waals surface area contributed by atoms with Gasteiger partial charge in [0.05, 0.1) is 26.9 Å². The number of rotatable bonds is 6. The van der Waals surface area contributed by atoms with Gasteiger partial charge in [-0.05, 0) is 49.9 Å². The van der Waals surface area contributed by atoms with Crippen LogP contribution in [0.1, 0.15) is 29.3 Å². The average Bonchev–Trinajstić information content (AvgIpc) is 3.32. The van der Waals surface area contributed by atoms with E-state index in [4.69, 9.17) is 11.6 Å². The van der Waals surface area contributed by atoms with Crippen molar-refractivity contribution in [3.63, 3.8) is 0 Å². The van der Waals surface area contributed by atoms with Gasteiger partial charge in [0.25, 0.3) is 5.56 Å². The summed E-state index contributed by atoms with van der Waals surface area (Å²) in [6.45, 7) is 5.52. The number of nitrogens with one attached hydrogen (secondary N) is 1. The lowest BCUT2D eigenvalue weighted by Crippen LogP contribution is -2.27. The van der Waals surface area contributed by atoms with Gasteiger partial charge in [0, 0.05) is 11.4 Å². The molecule has 0 saturated heterocycles. The summed E-state index contributed by atoms with van der Waals surface area (Å²) in [7, 11) is 0. The lowest BCUT2D eigenvalue weighted by Gasteiger charge is -2.16. The van der Waals surface area contributed by atoms with E-state index in [0.29, 0.717) is 15.4 Å². The maximum absolute atomic E-state index is 13.2. The highest BCUT2D eigenvalue weighted by molar-refractivity contribution is 8.00. The van der Waals surface area contributed by atoms with Crippen LogP contribution in [0.15, 0.2) is 40.8 Å². The van der Waals surface area contributed by atoms with E-state index in [2.05, 4.69) is 16.9 Å². The van der Waals surface area contributed by atoms with Gasteiger partial charge in [0.2, 0.25) is 5.91 Å². The topological polar surface area (TPSA) is 64.0 Å². The SMILES string of the molecule is C=CCn1c(SC(C)C(=O)Nc2cc(C(F)(F)F)ccc2Cl)nc2sc3c(c2c1=O)CCC3. The van der Waals surface area contributed by atoms with E-state index in [9.17, 15) is 22.8 Å². The lowest BCUT2D eigenvalue weighted by atomic mass is 10.2. The predicted molar refractivity (Wildman–Crippen MR) is 127 cm³/mol. The van der Waals surface area contributed by atoms with E-state index < -0.39 is 22.9 Å². The second-order valence-corrected chi connectivity index (χ2v) is 10.4. The molecule has 1 aliphatic rings. The van der Waals surface area contributed by atoms with E-state index in [0.717, 1.165) is 54.8 Å². The molecule has 33 heavy (non-hydrogen) atoms. The molecule has 0 fully saturated rings.